The number of hydrogen-bond donors (Lipinski definition) is 2. The van der Waals surface area contributed by atoms with Crippen LogP contribution in [0.3, 0.4) is 0 Å². The van der Waals surface area contributed by atoms with Gasteiger partial charge in [-0.1, -0.05) is 17.7 Å². The summed E-state index contributed by atoms with van der Waals surface area (Å²) in [6.07, 6.45) is 1.02. The summed E-state index contributed by atoms with van der Waals surface area (Å²) in [5.74, 6) is 0.374. The Labute approximate surface area is 234 Å². The van der Waals surface area contributed by atoms with Crippen molar-refractivity contribution in [2.24, 2.45) is 14.1 Å². The number of thioether (sulfide) groups is 1. The number of aromatic amines is 1. The summed E-state index contributed by atoms with van der Waals surface area (Å²) in [7, 11) is 4.91. The van der Waals surface area contributed by atoms with Crippen molar-refractivity contribution in [2.45, 2.75) is 37.7 Å². The van der Waals surface area contributed by atoms with Gasteiger partial charge in [-0.3, -0.25) is 14.6 Å². The molecule has 0 saturated heterocycles. The molecule has 0 saturated carbocycles. The Morgan fingerprint density at radius 1 is 1.18 bits per heavy atom. The fourth-order valence-electron chi connectivity index (χ4n) is 4.76. The van der Waals surface area contributed by atoms with E-state index in [0.29, 0.717) is 39.9 Å². The van der Waals surface area contributed by atoms with Gasteiger partial charge in [-0.15, -0.1) is 23.4 Å². The first-order chi connectivity index (χ1) is 18.2. The molecule has 202 valence electrons. The Morgan fingerprint density at radius 3 is 2.63 bits per heavy atom. The van der Waals surface area contributed by atoms with Crippen molar-refractivity contribution in [3.8, 4) is 11.1 Å². The first kappa shape index (κ1) is 28.1. The molecule has 3 aromatic heterocycles. The normalized spacial score (nSPS) is 11.4. The third kappa shape index (κ3) is 5.43. The number of nitrogens with zero attached hydrogens (tertiary/aromatic N) is 4. The molecule has 38 heavy (non-hydrogen) atoms. The van der Waals surface area contributed by atoms with E-state index in [1.165, 1.54) is 7.11 Å². The number of esters is 1. The van der Waals surface area contributed by atoms with E-state index in [2.05, 4.69) is 10.2 Å². The maximum absolute atomic E-state index is 12.3. The second-order valence-electron chi connectivity index (χ2n) is 8.93. The monoisotopic (exact) mass is 577 g/mol. The molecule has 0 aliphatic heterocycles. The summed E-state index contributed by atoms with van der Waals surface area (Å²) in [5, 5.41) is 23.4. The third-order valence-corrected chi connectivity index (χ3v) is 8.10. The van der Waals surface area contributed by atoms with Crippen LogP contribution >= 0.6 is 35.0 Å². The number of H-pyrrole nitrogens is 1. The molecular weight excluding hydrogens is 549 g/mol. The van der Waals surface area contributed by atoms with E-state index in [1.54, 1.807) is 29.4 Å². The molecular formula is C26H29Cl2N5O4S. The molecule has 4 aromatic rings. The van der Waals surface area contributed by atoms with Crippen LogP contribution in [0.4, 0.5) is 0 Å². The predicted molar refractivity (Wildman–Crippen MR) is 150 cm³/mol. The van der Waals surface area contributed by atoms with Crippen LogP contribution < -0.4 is 0 Å². The summed E-state index contributed by atoms with van der Waals surface area (Å²) in [5.41, 5.74) is 6.69. The molecule has 0 amide bonds. The average molecular weight is 579 g/mol. The Kier molecular flexibility index (Phi) is 8.74. The molecule has 4 rings (SSSR count). The van der Waals surface area contributed by atoms with Gasteiger partial charge in [0.15, 0.2) is 0 Å². The summed E-state index contributed by atoms with van der Waals surface area (Å²) in [4.78, 5) is 24.2. The number of methoxy groups -OCH3 is 1. The van der Waals surface area contributed by atoms with E-state index < -0.39 is 11.9 Å². The molecule has 0 atom stereocenters. The number of aromatic carboxylic acids is 1. The molecule has 0 unspecified atom stereocenters. The number of halogens is 2. The molecule has 0 aliphatic rings. The molecule has 0 fully saturated rings. The Balaban J connectivity index is 1.77. The number of fused-ring (bicyclic) bond motifs is 1. The number of benzene rings is 1. The van der Waals surface area contributed by atoms with Crippen molar-refractivity contribution in [2.75, 3.05) is 13.0 Å². The average Bonchev–Trinajstić information content (AvgIpc) is 3.53. The number of ether oxygens (including phenoxy) is 1. The highest BCUT2D eigenvalue weighted by molar-refractivity contribution is 7.97. The van der Waals surface area contributed by atoms with Crippen LogP contribution in [-0.4, -0.2) is 54.6 Å². The Bertz CT molecular complexity index is 1510. The minimum absolute atomic E-state index is 0.0713. The van der Waals surface area contributed by atoms with Gasteiger partial charge in [-0.2, -0.15) is 10.2 Å². The zero-order valence-electron chi connectivity index (χ0n) is 21.6. The lowest BCUT2D eigenvalue weighted by molar-refractivity contribution is -0.140. The van der Waals surface area contributed by atoms with Gasteiger partial charge in [-0.05, 0) is 31.0 Å². The summed E-state index contributed by atoms with van der Waals surface area (Å²) >= 11 is 14.3. The fourth-order valence-corrected chi connectivity index (χ4v) is 6.07. The van der Waals surface area contributed by atoms with E-state index in [1.807, 2.05) is 30.8 Å². The van der Waals surface area contributed by atoms with E-state index in [0.717, 1.165) is 39.3 Å². The lowest BCUT2D eigenvalue weighted by Crippen LogP contribution is -2.09. The van der Waals surface area contributed by atoms with E-state index in [-0.39, 0.29) is 18.5 Å². The van der Waals surface area contributed by atoms with E-state index >= 15 is 0 Å². The minimum atomic E-state index is -1.07. The van der Waals surface area contributed by atoms with Gasteiger partial charge in [0.1, 0.15) is 5.69 Å². The zero-order chi connectivity index (χ0) is 27.6. The fraction of sp³-hybridized carbons (Fsp3) is 0.385. The van der Waals surface area contributed by atoms with Gasteiger partial charge in [0.25, 0.3) is 0 Å². The van der Waals surface area contributed by atoms with E-state index in [4.69, 9.17) is 33.0 Å². The van der Waals surface area contributed by atoms with Crippen LogP contribution in [0.25, 0.3) is 22.0 Å². The van der Waals surface area contributed by atoms with Crippen LogP contribution in [-0.2, 0) is 48.0 Å². The van der Waals surface area contributed by atoms with Gasteiger partial charge in [0.2, 0.25) is 0 Å². The standard InChI is InChI=1S/C26H29Cl2N5O4S/c1-14-22(20(31-33(14)3)13-38-12-16-11-15(9-10-27)29-30-16)23-19(28)7-5-17-18(6-8-21(34)37-4)25(26(35)36)32(2)24(17)23/h5,7,11H,6,8-10,12-13H2,1-4H3,(H,29,30)(H,35,36). The van der Waals surface area contributed by atoms with Gasteiger partial charge < -0.3 is 14.4 Å². The number of hydrogen-bond acceptors (Lipinski definition) is 6. The van der Waals surface area contributed by atoms with Gasteiger partial charge in [-0.25, -0.2) is 4.79 Å². The smallest absolute Gasteiger partial charge is 0.352 e. The number of carboxylic acids is 1. The largest absolute Gasteiger partial charge is 0.477 e. The number of rotatable bonds is 11. The second-order valence-corrected chi connectivity index (χ2v) is 10.7. The second kappa shape index (κ2) is 11.8. The predicted octanol–water partition coefficient (Wildman–Crippen LogP) is 5.28. The van der Waals surface area contributed by atoms with Crippen LogP contribution in [0.2, 0.25) is 5.02 Å². The third-order valence-electron chi connectivity index (χ3n) is 6.61. The lowest BCUT2D eigenvalue weighted by Gasteiger charge is -2.11. The van der Waals surface area contributed by atoms with Crippen LogP contribution in [0.15, 0.2) is 18.2 Å². The van der Waals surface area contributed by atoms with Gasteiger partial charge >= 0.3 is 11.9 Å². The van der Waals surface area contributed by atoms with E-state index in [9.17, 15) is 14.7 Å². The number of aromatic nitrogens is 5. The molecule has 2 N–H and O–H groups in total. The zero-order valence-corrected chi connectivity index (χ0v) is 23.9. The molecule has 9 nitrogen and oxygen atoms in total. The first-order valence-corrected chi connectivity index (χ1v) is 14.0. The maximum Gasteiger partial charge on any atom is 0.352 e. The highest BCUT2D eigenvalue weighted by Crippen LogP contribution is 2.42. The number of carbonyl (C=O) groups excluding carboxylic acids is 1. The SMILES string of the molecule is COC(=O)CCc1c(C(=O)O)n(C)c2c(-c3c(CSCc4cc(CCCl)n[nH]4)nn(C)c3C)c(Cl)ccc12. The molecule has 0 aliphatic carbocycles. The quantitative estimate of drug-likeness (QED) is 0.184. The van der Waals surface area contributed by atoms with Crippen molar-refractivity contribution in [3.05, 3.63) is 57.3 Å². The maximum atomic E-state index is 12.3. The molecule has 0 spiro atoms. The summed E-state index contributed by atoms with van der Waals surface area (Å²) in [6.45, 7) is 1.97. The number of alkyl halides is 1. The Hall–Kier alpha value is -2.95. The number of aryl methyl sites for hydroxylation is 4. The molecule has 3 heterocycles. The number of carboxylic acid groups (broad SMARTS) is 1. The molecule has 1 aromatic carbocycles. The van der Waals surface area contributed by atoms with Crippen LogP contribution in [0.1, 0.15) is 45.2 Å². The van der Waals surface area contributed by atoms with Gasteiger partial charge in [0.05, 0.1) is 29.0 Å². The molecule has 12 heteroatoms. The molecule has 0 radical (unpaired) electrons. The Morgan fingerprint density at radius 2 is 1.95 bits per heavy atom. The highest BCUT2D eigenvalue weighted by Gasteiger charge is 2.27. The highest BCUT2D eigenvalue weighted by atomic mass is 35.5. The topological polar surface area (TPSA) is 115 Å². The van der Waals surface area contributed by atoms with Crippen molar-refractivity contribution >= 4 is 57.8 Å². The van der Waals surface area contributed by atoms with Crippen molar-refractivity contribution in [1.82, 2.24) is 24.5 Å². The molecule has 0 bridgehead atoms. The number of carbonyl (C=O) groups is 2. The van der Waals surface area contributed by atoms with Crippen molar-refractivity contribution in [1.29, 1.82) is 0 Å². The number of nitrogens with one attached hydrogen (secondary N) is 1. The van der Waals surface area contributed by atoms with Crippen molar-refractivity contribution < 1.29 is 19.4 Å². The first-order valence-electron chi connectivity index (χ1n) is 12.0. The van der Waals surface area contributed by atoms with Crippen molar-refractivity contribution in [3.63, 3.8) is 0 Å². The minimum Gasteiger partial charge on any atom is -0.477 e. The summed E-state index contributed by atoms with van der Waals surface area (Å²) < 4.78 is 8.25. The van der Waals surface area contributed by atoms with Crippen LogP contribution in [0, 0.1) is 6.92 Å². The summed E-state index contributed by atoms with van der Waals surface area (Å²) in [6, 6.07) is 5.61. The van der Waals surface area contributed by atoms with Gasteiger partial charge in [0, 0.05) is 72.2 Å². The van der Waals surface area contributed by atoms with Crippen LogP contribution in [0.5, 0.6) is 0 Å². The lowest BCUT2D eigenvalue weighted by atomic mass is 9.98.